The van der Waals surface area contributed by atoms with Gasteiger partial charge in [-0.25, -0.2) is 0 Å². The van der Waals surface area contributed by atoms with Gasteiger partial charge in [-0.05, 0) is 19.4 Å². The minimum Gasteiger partial charge on any atom is -0.368 e. The average Bonchev–Trinajstić information content (AvgIpc) is 1.96. The van der Waals surface area contributed by atoms with E-state index >= 15 is 0 Å². The zero-order chi connectivity index (χ0) is 9.56. The van der Waals surface area contributed by atoms with Crippen molar-refractivity contribution in [3.63, 3.8) is 0 Å². The van der Waals surface area contributed by atoms with Crippen molar-refractivity contribution in [1.29, 1.82) is 0 Å². The molecule has 0 aromatic carbocycles. The van der Waals surface area contributed by atoms with E-state index in [1.54, 1.807) is 0 Å². The van der Waals surface area contributed by atoms with Crippen molar-refractivity contribution in [3.05, 3.63) is 0 Å². The second-order valence-corrected chi connectivity index (χ2v) is 2.59. The first-order valence-corrected chi connectivity index (χ1v) is 3.84. The molecule has 0 aliphatic rings. The molecule has 0 saturated carbocycles. The molecule has 5 N–H and O–H groups in total. The Bertz CT molecular complexity index is 170. The molecule has 70 valence electrons. The first-order chi connectivity index (χ1) is 5.57. The lowest BCUT2D eigenvalue weighted by molar-refractivity contribution is -0.126. The lowest BCUT2D eigenvalue weighted by Crippen LogP contribution is -2.43. The van der Waals surface area contributed by atoms with E-state index < -0.39 is 11.9 Å². The fraction of sp³-hybridized carbons (Fsp3) is 0.714. The maximum atomic E-state index is 10.7. The molecule has 5 heteroatoms. The Kier molecular flexibility index (Phi) is 5.03. The summed E-state index contributed by atoms with van der Waals surface area (Å²) in [4.78, 5) is 21.3. The zero-order valence-electron chi connectivity index (χ0n) is 7.17. The van der Waals surface area contributed by atoms with Gasteiger partial charge in [0.1, 0.15) is 6.04 Å². The van der Waals surface area contributed by atoms with Crippen LogP contribution in [0.15, 0.2) is 0 Å². The van der Waals surface area contributed by atoms with Crippen LogP contribution in [-0.4, -0.2) is 24.4 Å². The second-order valence-electron chi connectivity index (χ2n) is 2.59. The lowest BCUT2D eigenvalue weighted by atomic mass is 10.1. The highest BCUT2D eigenvalue weighted by Crippen LogP contribution is 1.94. The van der Waals surface area contributed by atoms with Gasteiger partial charge in [0.15, 0.2) is 0 Å². The highest BCUT2D eigenvalue weighted by molar-refractivity contribution is 5.85. The van der Waals surface area contributed by atoms with Crippen molar-refractivity contribution < 1.29 is 9.59 Å². The van der Waals surface area contributed by atoms with Gasteiger partial charge in [0.25, 0.3) is 0 Å². The van der Waals surface area contributed by atoms with Crippen molar-refractivity contribution in [1.82, 2.24) is 5.32 Å². The monoisotopic (exact) mass is 173 g/mol. The van der Waals surface area contributed by atoms with E-state index in [2.05, 4.69) is 5.32 Å². The summed E-state index contributed by atoms with van der Waals surface area (Å²) in [6.07, 6.45) is 1.18. The number of hydrogen-bond acceptors (Lipinski definition) is 3. The van der Waals surface area contributed by atoms with Crippen molar-refractivity contribution in [2.45, 2.75) is 25.8 Å². The Labute approximate surface area is 71.5 Å². The summed E-state index contributed by atoms with van der Waals surface area (Å²) < 4.78 is 0. The summed E-state index contributed by atoms with van der Waals surface area (Å²) in [5.41, 5.74) is 10.3. The maximum Gasteiger partial charge on any atom is 0.240 e. The molecule has 1 atom stereocenters. The Morgan fingerprint density at radius 1 is 1.50 bits per heavy atom. The van der Waals surface area contributed by atoms with Crippen molar-refractivity contribution in [2.24, 2.45) is 11.5 Å². The van der Waals surface area contributed by atoms with Crippen LogP contribution in [0.4, 0.5) is 0 Å². The standard InChI is InChI=1S/C7H15N3O2/c1-5(11)10-6(7(9)12)3-2-4-8/h6H,2-4,8H2,1H3,(H2,9,12)(H,10,11). The molecule has 0 rings (SSSR count). The van der Waals surface area contributed by atoms with Gasteiger partial charge in [-0.15, -0.1) is 0 Å². The van der Waals surface area contributed by atoms with Crippen LogP contribution in [0.5, 0.6) is 0 Å². The molecule has 0 aliphatic carbocycles. The lowest BCUT2D eigenvalue weighted by Gasteiger charge is -2.12. The Morgan fingerprint density at radius 2 is 2.08 bits per heavy atom. The molecule has 0 saturated heterocycles. The summed E-state index contributed by atoms with van der Waals surface area (Å²) in [6.45, 7) is 1.84. The smallest absolute Gasteiger partial charge is 0.240 e. The first-order valence-electron chi connectivity index (χ1n) is 3.84. The molecule has 5 nitrogen and oxygen atoms in total. The van der Waals surface area contributed by atoms with Crippen LogP contribution in [0, 0.1) is 0 Å². The molecule has 0 aromatic heterocycles. The Balaban J connectivity index is 3.87. The summed E-state index contributed by atoms with van der Waals surface area (Å²) in [6, 6.07) is -0.578. The van der Waals surface area contributed by atoms with Gasteiger partial charge >= 0.3 is 0 Å². The van der Waals surface area contributed by atoms with Gasteiger partial charge in [0.05, 0.1) is 0 Å². The van der Waals surface area contributed by atoms with Crippen LogP contribution < -0.4 is 16.8 Å². The fourth-order valence-electron chi connectivity index (χ4n) is 0.853. The average molecular weight is 173 g/mol. The molecule has 2 amide bonds. The van der Waals surface area contributed by atoms with E-state index in [0.29, 0.717) is 19.4 Å². The molecule has 0 aliphatic heterocycles. The topological polar surface area (TPSA) is 98.2 Å². The van der Waals surface area contributed by atoms with E-state index in [1.807, 2.05) is 0 Å². The van der Waals surface area contributed by atoms with Gasteiger partial charge in [0.2, 0.25) is 11.8 Å². The van der Waals surface area contributed by atoms with Gasteiger partial charge in [-0.3, -0.25) is 9.59 Å². The number of hydrogen-bond donors (Lipinski definition) is 3. The predicted octanol–water partition coefficient (Wildman–Crippen LogP) is -1.28. The van der Waals surface area contributed by atoms with Gasteiger partial charge < -0.3 is 16.8 Å². The predicted molar refractivity (Wildman–Crippen MR) is 45.1 cm³/mol. The summed E-state index contributed by atoms with van der Waals surface area (Å²) >= 11 is 0. The van der Waals surface area contributed by atoms with Gasteiger partial charge in [0, 0.05) is 6.92 Å². The van der Waals surface area contributed by atoms with Crippen LogP contribution in [-0.2, 0) is 9.59 Å². The van der Waals surface area contributed by atoms with Crippen LogP contribution in [0.25, 0.3) is 0 Å². The normalized spacial score (nSPS) is 12.2. The molecule has 0 aromatic rings. The molecular weight excluding hydrogens is 158 g/mol. The van der Waals surface area contributed by atoms with Gasteiger partial charge in [-0.2, -0.15) is 0 Å². The van der Waals surface area contributed by atoms with E-state index in [4.69, 9.17) is 11.5 Å². The summed E-state index contributed by atoms with van der Waals surface area (Å²) in [5, 5.41) is 2.45. The molecule has 0 fully saturated rings. The SMILES string of the molecule is CC(=O)NC(CCCN)C(N)=O. The van der Waals surface area contributed by atoms with E-state index in [9.17, 15) is 9.59 Å². The van der Waals surface area contributed by atoms with Crippen LogP contribution in [0.2, 0.25) is 0 Å². The number of amides is 2. The highest BCUT2D eigenvalue weighted by Gasteiger charge is 2.14. The maximum absolute atomic E-state index is 10.7. The minimum absolute atomic E-state index is 0.254. The molecule has 1 unspecified atom stereocenters. The number of nitrogens with two attached hydrogens (primary N) is 2. The second kappa shape index (κ2) is 5.54. The van der Waals surface area contributed by atoms with Crippen molar-refractivity contribution in [2.75, 3.05) is 6.54 Å². The number of carbonyl (C=O) groups is 2. The molecule has 0 bridgehead atoms. The van der Waals surface area contributed by atoms with Crippen molar-refractivity contribution in [3.8, 4) is 0 Å². The van der Waals surface area contributed by atoms with Crippen molar-refractivity contribution >= 4 is 11.8 Å². The third-order valence-electron chi connectivity index (χ3n) is 1.42. The van der Waals surface area contributed by atoms with E-state index in [1.165, 1.54) is 6.92 Å². The third kappa shape index (κ3) is 4.68. The quantitative estimate of drug-likeness (QED) is 0.482. The molecule has 12 heavy (non-hydrogen) atoms. The first kappa shape index (κ1) is 10.9. The molecule has 0 spiro atoms. The highest BCUT2D eigenvalue weighted by atomic mass is 16.2. The van der Waals surface area contributed by atoms with E-state index in [0.717, 1.165) is 0 Å². The fourth-order valence-corrected chi connectivity index (χ4v) is 0.853. The summed E-state index contributed by atoms with van der Waals surface area (Å²) in [5.74, 6) is -0.769. The van der Waals surface area contributed by atoms with Crippen LogP contribution in [0.3, 0.4) is 0 Å². The Hall–Kier alpha value is -1.10. The number of carbonyl (C=O) groups excluding carboxylic acids is 2. The van der Waals surface area contributed by atoms with Gasteiger partial charge in [-0.1, -0.05) is 0 Å². The molecule has 0 radical (unpaired) electrons. The molecule has 0 heterocycles. The number of primary amides is 1. The number of nitrogens with one attached hydrogen (secondary N) is 1. The summed E-state index contributed by atoms with van der Waals surface area (Å²) in [7, 11) is 0. The van der Waals surface area contributed by atoms with Crippen LogP contribution >= 0.6 is 0 Å². The van der Waals surface area contributed by atoms with E-state index in [-0.39, 0.29) is 5.91 Å². The third-order valence-corrected chi connectivity index (χ3v) is 1.42. The Morgan fingerprint density at radius 3 is 2.42 bits per heavy atom. The largest absolute Gasteiger partial charge is 0.368 e. The molecular formula is C7H15N3O2. The minimum atomic E-state index is -0.578. The van der Waals surface area contributed by atoms with Crippen LogP contribution in [0.1, 0.15) is 19.8 Å². The zero-order valence-corrected chi connectivity index (χ0v) is 7.17. The number of rotatable bonds is 5.